The van der Waals surface area contributed by atoms with Crippen LogP contribution in [0, 0.1) is 0 Å². The van der Waals surface area contributed by atoms with E-state index in [2.05, 4.69) is 4.90 Å². The Hall–Kier alpha value is -0.650. The van der Waals surface area contributed by atoms with Gasteiger partial charge in [-0.2, -0.15) is 0 Å². The number of nitrogens with zero attached hydrogens (tertiary/aromatic N) is 1. The zero-order valence-corrected chi connectivity index (χ0v) is 9.45. The van der Waals surface area contributed by atoms with Gasteiger partial charge in [0.1, 0.15) is 0 Å². The third-order valence-electron chi connectivity index (χ3n) is 2.25. The molecule has 0 aromatic rings. The Kier molecular flexibility index (Phi) is 9.46. The Morgan fingerprint density at radius 1 is 0.933 bits per heavy atom. The summed E-state index contributed by atoms with van der Waals surface area (Å²) in [5, 5.41) is 0. The summed E-state index contributed by atoms with van der Waals surface area (Å²) in [6.07, 6.45) is 3.26. The highest BCUT2D eigenvalue weighted by Crippen LogP contribution is 1.98. The van der Waals surface area contributed by atoms with Crippen molar-refractivity contribution in [3.05, 3.63) is 0 Å². The lowest BCUT2D eigenvalue weighted by Crippen LogP contribution is -2.30. The molecule has 0 aromatic carbocycles. The number of carbonyl (C=O) groups is 1. The van der Waals surface area contributed by atoms with Crippen LogP contribution in [0.15, 0.2) is 0 Å². The quantitative estimate of drug-likeness (QED) is 0.447. The van der Waals surface area contributed by atoms with Crippen LogP contribution in [0.4, 0.5) is 0 Å². The maximum Gasteiger partial charge on any atom is 0.217 e. The van der Waals surface area contributed by atoms with Gasteiger partial charge in [0, 0.05) is 6.42 Å². The third kappa shape index (κ3) is 9.65. The molecule has 6 N–H and O–H groups in total. The van der Waals surface area contributed by atoms with Gasteiger partial charge in [0.15, 0.2) is 0 Å². The molecule has 0 bridgehead atoms. The van der Waals surface area contributed by atoms with E-state index in [1.165, 1.54) is 0 Å². The molecule has 0 saturated heterocycles. The summed E-state index contributed by atoms with van der Waals surface area (Å²) in [5.41, 5.74) is 16.0. The number of hydrogen-bond donors (Lipinski definition) is 3. The van der Waals surface area contributed by atoms with Gasteiger partial charge in [0.2, 0.25) is 5.91 Å². The fourth-order valence-electron chi connectivity index (χ4n) is 1.44. The third-order valence-corrected chi connectivity index (χ3v) is 2.25. The monoisotopic (exact) mass is 216 g/mol. The standard InChI is InChI=1S/C10H24N4O/c11-5-2-8-14(9-3-6-12)7-1-4-10(13)15/h1-9,11-12H2,(H2,13,15). The molecule has 0 spiro atoms. The maximum absolute atomic E-state index is 10.6. The second-order valence-corrected chi connectivity index (χ2v) is 3.70. The molecule has 5 nitrogen and oxygen atoms in total. The van der Waals surface area contributed by atoms with Crippen LogP contribution in [-0.4, -0.2) is 43.5 Å². The summed E-state index contributed by atoms with van der Waals surface area (Å²) in [7, 11) is 0. The number of carbonyl (C=O) groups excluding carboxylic acids is 1. The Morgan fingerprint density at radius 3 is 1.80 bits per heavy atom. The molecule has 0 aliphatic carbocycles. The summed E-state index contributed by atoms with van der Waals surface area (Å²) in [5.74, 6) is -0.229. The minimum atomic E-state index is -0.229. The number of nitrogens with two attached hydrogens (primary N) is 3. The largest absolute Gasteiger partial charge is 0.370 e. The average Bonchev–Trinajstić information content (AvgIpc) is 2.20. The topological polar surface area (TPSA) is 98.4 Å². The molecule has 0 aliphatic heterocycles. The zero-order valence-electron chi connectivity index (χ0n) is 9.45. The van der Waals surface area contributed by atoms with Gasteiger partial charge in [-0.15, -0.1) is 0 Å². The summed E-state index contributed by atoms with van der Waals surface area (Å²) >= 11 is 0. The van der Waals surface area contributed by atoms with Crippen LogP contribution in [0.1, 0.15) is 25.7 Å². The molecular weight excluding hydrogens is 192 g/mol. The van der Waals surface area contributed by atoms with Crippen molar-refractivity contribution < 1.29 is 4.79 Å². The number of primary amides is 1. The Labute approximate surface area is 92.0 Å². The summed E-state index contributed by atoms with van der Waals surface area (Å²) in [6, 6.07) is 0. The van der Waals surface area contributed by atoms with Gasteiger partial charge >= 0.3 is 0 Å². The van der Waals surface area contributed by atoms with Crippen molar-refractivity contribution in [1.82, 2.24) is 4.90 Å². The molecule has 0 rings (SSSR count). The Bertz CT molecular complexity index is 156. The highest BCUT2D eigenvalue weighted by atomic mass is 16.1. The van der Waals surface area contributed by atoms with Crippen LogP contribution in [0.25, 0.3) is 0 Å². The van der Waals surface area contributed by atoms with Gasteiger partial charge in [-0.3, -0.25) is 4.79 Å². The molecule has 0 saturated carbocycles. The van der Waals surface area contributed by atoms with E-state index in [0.717, 1.165) is 38.9 Å². The van der Waals surface area contributed by atoms with E-state index in [1.54, 1.807) is 0 Å². The first-order chi connectivity index (χ1) is 7.20. The molecule has 15 heavy (non-hydrogen) atoms. The SMILES string of the molecule is NCCCN(CCCN)CCCC(N)=O. The van der Waals surface area contributed by atoms with Crippen molar-refractivity contribution in [2.45, 2.75) is 25.7 Å². The molecular formula is C10H24N4O. The molecule has 5 heteroatoms. The molecule has 0 atom stereocenters. The summed E-state index contributed by atoms with van der Waals surface area (Å²) in [4.78, 5) is 12.9. The van der Waals surface area contributed by atoms with E-state index in [0.29, 0.717) is 19.5 Å². The first kappa shape index (κ1) is 14.3. The van der Waals surface area contributed by atoms with Crippen LogP contribution in [-0.2, 0) is 4.79 Å². The van der Waals surface area contributed by atoms with E-state index in [-0.39, 0.29) is 5.91 Å². The Balaban J connectivity index is 3.63. The fourth-order valence-corrected chi connectivity index (χ4v) is 1.44. The second-order valence-electron chi connectivity index (χ2n) is 3.70. The van der Waals surface area contributed by atoms with Crippen molar-refractivity contribution >= 4 is 5.91 Å². The predicted octanol–water partition coefficient (Wildman–Crippen LogP) is -0.748. The highest BCUT2D eigenvalue weighted by molar-refractivity contribution is 5.73. The van der Waals surface area contributed by atoms with Crippen molar-refractivity contribution in [2.75, 3.05) is 32.7 Å². The zero-order chi connectivity index (χ0) is 11.5. The minimum Gasteiger partial charge on any atom is -0.370 e. The molecule has 0 heterocycles. The highest BCUT2D eigenvalue weighted by Gasteiger charge is 2.04. The molecule has 0 unspecified atom stereocenters. The first-order valence-electron chi connectivity index (χ1n) is 5.61. The lowest BCUT2D eigenvalue weighted by molar-refractivity contribution is -0.118. The van der Waals surface area contributed by atoms with Gasteiger partial charge in [0.05, 0.1) is 0 Å². The molecule has 0 aromatic heterocycles. The van der Waals surface area contributed by atoms with E-state index < -0.39 is 0 Å². The van der Waals surface area contributed by atoms with E-state index in [9.17, 15) is 4.79 Å². The number of amides is 1. The van der Waals surface area contributed by atoms with Crippen molar-refractivity contribution in [1.29, 1.82) is 0 Å². The predicted molar refractivity (Wildman–Crippen MR) is 62.2 cm³/mol. The molecule has 90 valence electrons. The van der Waals surface area contributed by atoms with Crippen molar-refractivity contribution in [2.24, 2.45) is 17.2 Å². The Morgan fingerprint density at radius 2 is 1.40 bits per heavy atom. The van der Waals surface area contributed by atoms with Gasteiger partial charge < -0.3 is 22.1 Å². The van der Waals surface area contributed by atoms with Crippen LogP contribution >= 0.6 is 0 Å². The van der Waals surface area contributed by atoms with Crippen molar-refractivity contribution in [3.63, 3.8) is 0 Å². The fraction of sp³-hybridized carbons (Fsp3) is 0.900. The molecule has 0 radical (unpaired) electrons. The van der Waals surface area contributed by atoms with Gasteiger partial charge in [-0.1, -0.05) is 0 Å². The minimum absolute atomic E-state index is 0.229. The lowest BCUT2D eigenvalue weighted by Gasteiger charge is -2.21. The van der Waals surface area contributed by atoms with Gasteiger partial charge in [-0.05, 0) is 52.0 Å². The van der Waals surface area contributed by atoms with Crippen molar-refractivity contribution in [3.8, 4) is 0 Å². The summed E-state index contributed by atoms with van der Waals surface area (Å²) < 4.78 is 0. The van der Waals surface area contributed by atoms with Crippen LogP contribution in [0.2, 0.25) is 0 Å². The van der Waals surface area contributed by atoms with E-state index >= 15 is 0 Å². The summed E-state index contributed by atoms with van der Waals surface area (Å²) in [6.45, 7) is 4.28. The van der Waals surface area contributed by atoms with Gasteiger partial charge in [-0.25, -0.2) is 0 Å². The molecule has 0 fully saturated rings. The number of hydrogen-bond acceptors (Lipinski definition) is 4. The average molecular weight is 216 g/mol. The van der Waals surface area contributed by atoms with Crippen LogP contribution in [0.3, 0.4) is 0 Å². The van der Waals surface area contributed by atoms with E-state index in [1.807, 2.05) is 0 Å². The maximum atomic E-state index is 10.6. The second kappa shape index (κ2) is 9.89. The molecule has 0 aliphatic rings. The van der Waals surface area contributed by atoms with E-state index in [4.69, 9.17) is 17.2 Å². The molecule has 1 amide bonds. The first-order valence-corrected chi connectivity index (χ1v) is 5.61. The van der Waals surface area contributed by atoms with Crippen LogP contribution < -0.4 is 17.2 Å². The smallest absolute Gasteiger partial charge is 0.217 e. The lowest BCUT2D eigenvalue weighted by atomic mass is 10.2. The normalized spacial score (nSPS) is 10.9. The van der Waals surface area contributed by atoms with Gasteiger partial charge in [0.25, 0.3) is 0 Å². The number of rotatable bonds is 10. The van der Waals surface area contributed by atoms with Crippen LogP contribution in [0.5, 0.6) is 0 Å².